The molecule has 0 aliphatic carbocycles. The standard InChI is InChI=1S/C17H12ClF3N2O3S/c18-10-2-3-13(26-8-17(19,20)21)11(6-10)23-16(25)9-1-4-14-12(5-9)22-15(24)7-27-14/h1-6H,7-8H2,(H,22,24)(H,23,25). The van der Waals surface area contributed by atoms with Gasteiger partial charge in [-0.05, 0) is 36.4 Å². The molecule has 0 fully saturated rings. The van der Waals surface area contributed by atoms with Gasteiger partial charge in [0.1, 0.15) is 5.75 Å². The third kappa shape index (κ3) is 5.08. The van der Waals surface area contributed by atoms with E-state index >= 15 is 0 Å². The lowest BCUT2D eigenvalue weighted by atomic mass is 10.1. The molecule has 2 aromatic rings. The maximum atomic E-state index is 12.5. The Morgan fingerprint density at radius 1 is 1.26 bits per heavy atom. The van der Waals surface area contributed by atoms with Crippen LogP contribution < -0.4 is 15.4 Å². The molecule has 0 aromatic heterocycles. The number of anilines is 2. The Labute approximate surface area is 161 Å². The number of rotatable bonds is 4. The van der Waals surface area contributed by atoms with Crippen molar-refractivity contribution in [3.63, 3.8) is 0 Å². The van der Waals surface area contributed by atoms with Crippen LogP contribution in [0.25, 0.3) is 0 Å². The fourth-order valence-electron chi connectivity index (χ4n) is 2.30. The van der Waals surface area contributed by atoms with E-state index < -0.39 is 18.7 Å². The van der Waals surface area contributed by atoms with E-state index in [0.29, 0.717) is 11.4 Å². The lowest BCUT2D eigenvalue weighted by Gasteiger charge is -2.17. The second kappa shape index (κ2) is 7.69. The van der Waals surface area contributed by atoms with Crippen molar-refractivity contribution in [2.45, 2.75) is 11.1 Å². The van der Waals surface area contributed by atoms with E-state index in [2.05, 4.69) is 10.6 Å². The second-order valence-corrected chi connectivity index (χ2v) is 7.00. The summed E-state index contributed by atoms with van der Waals surface area (Å²) in [6.07, 6.45) is -4.52. The molecule has 142 valence electrons. The Bertz CT molecular complexity index is 905. The highest BCUT2D eigenvalue weighted by molar-refractivity contribution is 8.00. The van der Waals surface area contributed by atoms with Crippen molar-refractivity contribution in [2.24, 2.45) is 0 Å². The highest BCUT2D eigenvalue weighted by Gasteiger charge is 2.29. The SMILES string of the molecule is O=C1CSc2ccc(C(=O)Nc3cc(Cl)ccc3OCC(F)(F)F)cc2N1. The van der Waals surface area contributed by atoms with Crippen LogP contribution in [0.15, 0.2) is 41.3 Å². The molecule has 2 amide bonds. The number of carbonyl (C=O) groups is 2. The number of hydrogen-bond donors (Lipinski definition) is 2. The van der Waals surface area contributed by atoms with Crippen molar-refractivity contribution in [3.05, 3.63) is 47.0 Å². The third-order valence-electron chi connectivity index (χ3n) is 3.46. The summed E-state index contributed by atoms with van der Waals surface area (Å²) < 4.78 is 41.9. The molecular weight excluding hydrogens is 405 g/mol. The van der Waals surface area contributed by atoms with Crippen molar-refractivity contribution < 1.29 is 27.5 Å². The predicted molar refractivity (Wildman–Crippen MR) is 96.8 cm³/mol. The average molecular weight is 417 g/mol. The molecule has 2 N–H and O–H groups in total. The first-order chi connectivity index (χ1) is 12.7. The Morgan fingerprint density at radius 3 is 2.78 bits per heavy atom. The molecule has 2 aromatic carbocycles. The minimum absolute atomic E-state index is 0.00730. The fraction of sp³-hybridized carbons (Fsp3) is 0.176. The van der Waals surface area contributed by atoms with Crippen LogP contribution in [0.2, 0.25) is 5.02 Å². The van der Waals surface area contributed by atoms with Gasteiger partial charge >= 0.3 is 6.18 Å². The summed E-state index contributed by atoms with van der Waals surface area (Å²) in [4.78, 5) is 24.8. The average Bonchev–Trinajstić information content (AvgIpc) is 2.59. The first-order valence-electron chi connectivity index (χ1n) is 7.58. The molecule has 1 aliphatic rings. The highest BCUT2D eigenvalue weighted by Crippen LogP contribution is 2.33. The predicted octanol–water partition coefficient (Wildman–Crippen LogP) is 4.58. The lowest BCUT2D eigenvalue weighted by Crippen LogP contribution is -2.21. The fourth-order valence-corrected chi connectivity index (χ4v) is 3.26. The van der Waals surface area contributed by atoms with Crippen LogP contribution in [0.4, 0.5) is 24.5 Å². The summed E-state index contributed by atoms with van der Waals surface area (Å²) in [5, 5.41) is 5.37. The number of ether oxygens (including phenoxy) is 1. The zero-order valence-electron chi connectivity index (χ0n) is 13.5. The largest absolute Gasteiger partial charge is 0.482 e. The van der Waals surface area contributed by atoms with Gasteiger partial charge in [0.15, 0.2) is 6.61 Å². The van der Waals surface area contributed by atoms with Gasteiger partial charge in [-0.15, -0.1) is 11.8 Å². The first kappa shape index (κ1) is 19.4. The number of nitrogens with one attached hydrogen (secondary N) is 2. The minimum atomic E-state index is -4.52. The van der Waals surface area contributed by atoms with Gasteiger partial charge in [-0.25, -0.2) is 0 Å². The van der Waals surface area contributed by atoms with Crippen LogP contribution in [-0.2, 0) is 4.79 Å². The summed E-state index contributed by atoms with van der Waals surface area (Å²) in [6.45, 7) is -1.50. The Morgan fingerprint density at radius 2 is 2.04 bits per heavy atom. The molecule has 5 nitrogen and oxygen atoms in total. The smallest absolute Gasteiger partial charge is 0.422 e. The molecule has 0 saturated heterocycles. The van der Waals surface area contributed by atoms with Crippen molar-refractivity contribution in [2.75, 3.05) is 23.0 Å². The Balaban J connectivity index is 1.80. The summed E-state index contributed by atoms with van der Waals surface area (Å²) >= 11 is 7.21. The molecule has 27 heavy (non-hydrogen) atoms. The van der Waals surface area contributed by atoms with Crippen LogP contribution in [-0.4, -0.2) is 30.4 Å². The molecule has 0 spiro atoms. The minimum Gasteiger partial charge on any atom is -0.482 e. The molecule has 0 saturated carbocycles. The summed E-state index contributed by atoms with van der Waals surface area (Å²) in [5.41, 5.74) is 0.731. The number of benzene rings is 2. The molecule has 1 aliphatic heterocycles. The van der Waals surface area contributed by atoms with Crippen LogP contribution >= 0.6 is 23.4 Å². The van der Waals surface area contributed by atoms with Gasteiger partial charge < -0.3 is 15.4 Å². The monoisotopic (exact) mass is 416 g/mol. The molecule has 3 rings (SSSR count). The van der Waals surface area contributed by atoms with Gasteiger partial charge in [-0.3, -0.25) is 9.59 Å². The van der Waals surface area contributed by atoms with E-state index in [4.69, 9.17) is 16.3 Å². The second-order valence-electron chi connectivity index (χ2n) is 5.55. The van der Waals surface area contributed by atoms with Gasteiger partial charge in [0.2, 0.25) is 5.91 Å². The maximum absolute atomic E-state index is 12.5. The van der Waals surface area contributed by atoms with Gasteiger partial charge in [0.25, 0.3) is 5.91 Å². The van der Waals surface area contributed by atoms with Gasteiger partial charge in [-0.2, -0.15) is 13.2 Å². The van der Waals surface area contributed by atoms with Crippen molar-refractivity contribution in [3.8, 4) is 5.75 Å². The van der Waals surface area contributed by atoms with Crippen LogP contribution in [0.5, 0.6) is 5.75 Å². The molecule has 0 bridgehead atoms. The van der Waals surface area contributed by atoms with Crippen LogP contribution in [0.3, 0.4) is 0 Å². The number of halogens is 4. The Hall–Kier alpha value is -2.39. The number of fused-ring (bicyclic) bond motifs is 1. The van der Waals surface area contributed by atoms with Gasteiger partial charge in [0, 0.05) is 15.5 Å². The molecule has 0 radical (unpaired) electrons. The van der Waals surface area contributed by atoms with Crippen LogP contribution in [0, 0.1) is 0 Å². The number of hydrogen-bond acceptors (Lipinski definition) is 4. The summed E-state index contributed by atoms with van der Waals surface area (Å²) in [6, 6.07) is 8.63. The molecule has 10 heteroatoms. The number of amides is 2. The third-order valence-corrected chi connectivity index (χ3v) is 4.76. The summed E-state index contributed by atoms with van der Waals surface area (Å²) in [5.74, 6) is -0.627. The van der Waals surface area contributed by atoms with Gasteiger partial charge in [-0.1, -0.05) is 11.6 Å². The number of carbonyl (C=O) groups excluding carboxylic acids is 2. The zero-order valence-corrected chi connectivity index (χ0v) is 15.1. The van der Waals surface area contributed by atoms with Crippen molar-refractivity contribution >= 4 is 46.6 Å². The van der Waals surface area contributed by atoms with Crippen molar-refractivity contribution in [1.82, 2.24) is 0 Å². The Kier molecular flexibility index (Phi) is 5.52. The van der Waals surface area contributed by atoms with E-state index in [1.165, 1.54) is 36.0 Å². The van der Waals surface area contributed by atoms with Crippen molar-refractivity contribution in [1.29, 1.82) is 0 Å². The summed E-state index contributed by atoms with van der Waals surface area (Å²) in [7, 11) is 0. The maximum Gasteiger partial charge on any atom is 0.422 e. The van der Waals surface area contributed by atoms with Gasteiger partial charge in [0.05, 0.1) is 17.1 Å². The molecular formula is C17H12ClF3N2O3S. The lowest BCUT2D eigenvalue weighted by molar-refractivity contribution is -0.153. The first-order valence-corrected chi connectivity index (χ1v) is 8.95. The molecule has 1 heterocycles. The van der Waals surface area contributed by atoms with E-state index in [1.807, 2.05) is 0 Å². The van der Waals surface area contributed by atoms with E-state index in [1.54, 1.807) is 12.1 Å². The number of alkyl halides is 3. The zero-order chi connectivity index (χ0) is 19.6. The highest BCUT2D eigenvalue weighted by atomic mass is 35.5. The van der Waals surface area contributed by atoms with E-state index in [9.17, 15) is 22.8 Å². The normalized spacial score (nSPS) is 13.6. The molecule has 0 atom stereocenters. The van der Waals surface area contributed by atoms with Crippen LogP contribution in [0.1, 0.15) is 10.4 Å². The van der Waals surface area contributed by atoms with E-state index in [-0.39, 0.29) is 27.9 Å². The number of thioether (sulfide) groups is 1. The topological polar surface area (TPSA) is 67.4 Å². The van der Waals surface area contributed by atoms with E-state index in [0.717, 1.165) is 4.90 Å². The molecule has 0 unspecified atom stereocenters. The quantitative estimate of drug-likeness (QED) is 0.765.